The topological polar surface area (TPSA) is 299 Å². The van der Waals surface area contributed by atoms with Gasteiger partial charge in [0.25, 0.3) is 0 Å². The van der Waals surface area contributed by atoms with Crippen molar-refractivity contribution in [2.45, 2.75) is 81.1 Å². The second kappa shape index (κ2) is 19.3. The van der Waals surface area contributed by atoms with Crippen molar-refractivity contribution in [1.82, 2.24) is 44.1 Å². The molecule has 2 aliphatic rings. The Morgan fingerprint density at radius 3 is 1.79 bits per heavy atom. The van der Waals surface area contributed by atoms with Gasteiger partial charge < -0.3 is 55.3 Å². The summed E-state index contributed by atoms with van der Waals surface area (Å²) in [5, 5.41) is 32.8. The maximum atomic E-state index is 16.2. The molecule has 354 valence electrons. The highest BCUT2D eigenvalue weighted by Gasteiger charge is 2.59. The third-order valence-electron chi connectivity index (χ3n) is 10.1. The minimum atomic E-state index is -4.34. The lowest BCUT2D eigenvalue weighted by Crippen LogP contribution is -2.42. The summed E-state index contributed by atoms with van der Waals surface area (Å²) < 4.78 is 75.2. The Kier molecular flexibility index (Phi) is 14.4. The molecule has 26 heteroatoms. The average Bonchev–Trinajstić information content (AvgIpc) is 4.01. The van der Waals surface area contributed by atoms with E-state index in [1.165, 1.54) is 40.8 Å². The van der Waals surface area contributed by atoms with Crippen LogP contribution in [0, 0.1) is 24.7 Å². The number of aliphatic hydroxyl groups excluding tert-OH is 3. The molecule has 0 spiro atoms. The molecule has 0 bridgehead atoms. The molecule has 7 rings (SSSR count). The fraction of sp³-hybridized carbons (Fsp3) is 0.475. The number of carbonyl (C=O) groups is 1. The first-order chi connectivity index (χ1) is 31.1. The van der Waals surface area contributed by atoms with E-state index in [0.717, 1.165) is 0 Å². The molecule has 6 heterocycles. The molecule has 10 atom stereocenters. The second-order valence-electron chi connectivity index (χ2n) is 15.7. The van der Waals surface area contributed by atoms with Crippen LogP contribution in [-0.4, -0.2) is 150 Å². The number of hydrogen-bond acceptors (Lipinski definition) is 20. The van der Waals surface area contributed by atoms with Crippen LogP contribution in [0.2, 0.25) is 0 Å². The molecule has 8 N–H and O–H groups in total. The van der Waals surface area contributed by atoms with E-state index in [9.17, 15) is 24.7 Å². The van der Waals surface area contributed by atoms with E-state index in [2.05, 4.69) is 35.0 Å². The number of alkyl halides is 2. The van der Waals surface area contributed by atoms with Crippen LogP contribution in [-0.2, 0) is 28.1 Å². The van der Waals surface area contributed by atoms with Crippen molar-refractivity contribution in [3.63, 3.8) is 0 Å². The summed E-state index contributed by atoms with van der Waals surface area (Å²) in [5.41, 5.74) is 7.23. The van der Waals surface area contributed by atoms with Crippen molar-refractivity contribution in [3.8, 4) is 30.4 Å². The van der Waals surface area contributed by atoms with Crippen LogP contribution in [0.15, 0.2) is 43.0 Å². The first kappa shape index (κ1) is 49.2. The van der Waals surface area contributed by atoms with E-state index in [1.54, 1.807) is 70.0 Å². The number of ether oxygens (including phenoxy) is 3. The van der Waals surface area contributed by atoms with Crippen molar-refractivity contribution >= 4 is 59.6 Å². The first-order valence-electron chi connectivity index (χ1n) is 20.0. The van der Waals surface area contributed by atoms with Crippen LogP contribution in [0.4, 0.5) is 32.3 Å². The summed E-state index contributed by atoms with van der Waals surface area (Å²) in [5.74, 6) is 4.02. The number of nitrogens with zero attached hydrogens (tertiary/aromatic N) is 10. The molecular weight excluding hydrogens is 891 g/mol. The number of nitrogens with two attached hydrogens (primary N) is 2. The third kappa shape index (κ3) is 9.51. The van der Waals surface area contributed by atoms with Gasteiger partial charge >= 0.3 is 13.7 Å². The van der Waals surface area contributed by atoms with Crippen molar-refractivity contribution in [2.24, 2.45) is 0 Å². The fourth-order valence-corrected chi connectivity index (χ4v) is 8.44. The number of terminal acetylenes is 2. The highest BCUT2D eigenvalue weighted by molar-refractivity contribution is 7.52. The van der Waals surface area contributed by atoms with Gasteiger partial charge in [-0.05, 0) is 32.9 Å². The largest absolute Gasteiger partial charge is 0.462 e. The summed E-state index contributed by atoms with van der Waals surface area (Å²) in [4.78, 5) is 40.7. The van der Waals surface area contributed by atoms with Gasteiger partial charge in [0, 0.05) is 28.2 Å². The van der Waals surface area contributed by atoms with E-state index in [0.29, 0.717) is 22.7 Å². The summed E-state index contributed by atoms with van der Waals surface area (Å²) in [6.07, 6.45) is 3.66. The summed E-state index contributed by atoms with van der Waals surface area (Å²) >= 11 is 0. The number of anilines is 4. The number of halogens is 2. The maximum Gasteiger partial charge on any atom is 0.459 e. The van der Waals surface area contributed by atoms with Crippen LogP contribution in [0.3, 0.4) is 0 Å². The number of benzene rings is 1. The van der Waals surface area contributed by atoms with Crippen LogP contribution < -0.4 is 30.9 Å². The first-order valence-corrected chi connectivity index (χ1v) is 21.6. The maximum absolute atomic E-state index is 16.2. The Morgan fingerprint density at radius 1 is 0.879 bits per heavy atom. The molecular formula is C40H50F2N13O10P. The second-order valence-corrected chi connectivity index (χ2v) is 17.4. The summed E-state index contributed by atoms with van der Waals surface area (Å²) in [6.45, 7) is 3.50. The quantitative estimate of drug-likeness (QED) is 0.0519. The van der Waals surface area contributed by atoms with E-state index < -0.39 is 87.3 Å². The number of fused-ring (bicyclic) bond motifs is 2. The lowest BCUT2D eigenvalue weighted by Gasteiger charge is -2.25. The molecule has 66 heavy (non-hydrogen) atoms. The number of nitrogens with one attached hydrogen (secondary N) is 1. The Labute approximate surface area is 377 Å². The smallest absolute Gasteiger partial charge is 0.459 e. The summed E-state index contributed by atoms with van der Waals surface area (Å²) in [7, 11) is 2.59. The van der Waals surface area contributed by atoms with E-state index in [-0.39, 0.29) is 28.9 Å². The molecule has 0 amide bonds. The highest BCUT2D eigenvalue weighted by Crippen LogP contribution is 2.48. The zero-order chi connectivity index (χ0) is 48.5. The molecule has 1 unspecified atom stereocenters. The number of hydrogen-bond donors (Lipinski definition) is 6. The average molecular weight is 942 g/mol. The van der Waals surface area contributed by atoms with Gasteiger partial charge in [0.05, 0.1) is 32.0 Å². The van der Waals surface area contributed by atoms with Gasteiger partial charge in [0.15, 0.2) is 46.4 Å². The molecule has 2 saturated heterocycles. The number of rotatable bonds is 14. The van der Waals surface area contributed by atoms with Gasteiger partial charge in [-0.2, -0.15) is 25.0 Å². The standard InChI is InChI=1S/C26H33FN7O7P.C14H17FN6O3/c1-7-26(27)20(35)18(40-24(26)34-14-29-19-21(33(5)6)30-25(28)31-22(19)34)13-38-42(37,41-17-11-9-8-10-12-17)32-16(4)23(36)39-15(2)3;1-4-14(15)9(23)7(5-22)24-12(14)21-6-17-8-10(20(2)3)18-13(16)19-11(8)21/h1,8-12,14-16,18,20,24,35H,13H2,2-6H3,(H,32,37)(H2,28,30,31);1,6-7,9,12,22-23H,5H2,2-3H3,(H2,16,18,19)/t16-,18+,20+,24+,26+,42?;7-,9-,12-,14-/m01/s1. The molecule has 2 aliphatic heterocycles. The Balaban J connectivity index is 0.000000253. The van der Waals surface area contributed by atoms with E-state index in [1.807, 2.05) is 11.8 Å². The van der Waals surface area contributed by atoms with Crippen LogP contribution in [0.5, 0.6) is 5.75 Å². The number of nitrogen functional groups attached to an aromatic ring is 2. The number of para-hydroxylation sites is 1. The van der Waals surface area contributed by atoms with Crippen molar-refractivity contribution in [3.05, 3.63) is 43.0 Å². The number of aliphatic hydroxyl groups is 3. The van der Waals surface area contributed by atoms with Gasteiger partial charge in [0.2, 0.25) is 23.2 Å². The zero-order valence-corrected chi connectivity index (χ0v) is 37.7. The lowest BCUT2D eigenvalue weighted by atomic mass is 9.97. The lowest BCUT2D eigenvalue weighted by molar-refractivity contribution is -0.149. The molecule has 0 aliphatic carbocycles. The van der Waals surface area contributed by atoms with Crippen molar-refractivity contribution in [1.29, 1.82) is 0 Å². The number of esters is 1. The van der Waals surface area contributed by atoms with E-state index >= 15 is 8.78 Å². The molecule has 1 aromatic carbocycles. The minimum absolute atomic E-state index is 0.0321. The SMILES string of the molecule is C#C[C@@]1(F)[C@H](O)[C@@H](CO)O[C@H]1n1cnc2c(N(C)C)nc(N)nc21.C#C[C@@]1(F)[C@H](O)[C@@H](COP(=O)(N[C@@H](C)C(=O)OC(C)C)Oc2ccccc2)O[C@H]1n1cnc2c(N(C)C)nc(N)nc21. The molecule has 2 fully saturated rings. The van der Waals surface area contributed by atoms with Crippen LogP contribution in [0.25, 0.3) is 22.3 Å². The third-order valence-corrected chi connectivity index (χ3v) is 11.8. The molecule has 0 saturated carbocycles. The van der Waals surface area contributed by atoms with Gasteiger partial charge in [-0.15, -0.1) is 12.8 Å². The minimum Gasteiger partial charge on any atom is -0.462 e. The van der Waals surface area contributed by atoms with Gasteiger partial charge in [-0.25, -0.2) is 23.3 Å². The number of imidazole rings is 2. The predicted octanol–water partition coefficient (Wildman–Crippen LogP) is 1.27. The predicted molar refractivity (Wildman–Crippen MR) is 235 cm³/mol. The molecule has 0 radical (unpaired) electrons. The molecule has 23 nitrogen and oxygen atoms in total. The van der Waals surface area contributed by atoms with Crippen molar-refractivity contribution < 1.29 is 56.7 Å². The Bertz CT molecular complexity index is 2680. The molecule has 4 aromatic heterocycles. The number of aromatic nitrogens is 8. The molecule has 5 aromatic rings. The fourth-order valence-electron chi connectivity index (χ4n) is 6.94. The summed E-state index contributed by atoms with van der Waals surface area (Å²) in [6, 6.07) is 6.93. The van der Waals surface area contributed by atoms with E-state index in [4.69, 9.17) is 47.6 Å². The van der Waals surface area contributed by atoms with Crippen LogP contribution in [0.1, 0.15) is 33.2 Å². The van der Waals surface area contributed by atoms with Gasteiger partial charge in [-0.3, -0.25) is 18.5 Å². The normalized spacial score (nSPS) is 26.2. The van der Waals surface area contributed by atoms with Gasteiger partial charge in [0.1, 0.15) is 36.2 Å². The highest BCUT2D eigenvalue weighted by atomic mass is 31.2. The Hall–Kier alpha value is -6.28. The Morgan fingerprint density at radius 2 is 1.35 bits per heavy atom. The number of carbonyl (C=O) groups excluding carboxylic acids is 1. The van der Waals surface area contributed by atoms with Crippen molar-refractivity contribution in [2.75, 3.05) is 62.7 Å². The van der Waals surface area contributed by atoms with Gasteiger partial charge in [-0.1, -0.05) is 30.0 Å². The van der Waals surface area contributed by atoms with Crippen LogP contribution >= 0.6 is 7.75 Å². The zero-order valence-electron chi connectivity index (χ0n) is 36.8. The monoisotopic (exact) mass is 941 g/mol.